The molecule has 3 amide bonds. The number of rotatable bonds is 6. The molecule has 0 spiro atoms. The van der Waals surface area contributed by atoms with Crippen molar-refractivity contribution in [2.45, 2.75) is 57.5 Å². The van der Waals surface area contributed by atoms with E-state index in [0.717, 1.165) is 40.4 Å². The zero-order valence-corrected chi connectivity index (χ0v) is 21.7. The van der Waals surface area contributed by atoms with Crippen molar-refractivity contribution in [3.05, 3.63) is 58.9 Å². The fraction of sp³-hybridized carbons (Fsp3) is 0.462. The van der Waals surface area contributed by atoms with Crippen molar-refractivity contribution in [2.75, 3.05) is 13.1 Å². The van der Waals surface area contributed by atoms with Crippen molar-refractivity contribution in [1.29, 1.82) is 5.41 Å². The molecular formula is C26H29F6N5O3. The van der Waals surface area contributed by atoms with Crippen LogP contribution in [0.2, 0.25) is 0 Å². The van der Waals surface area contributed by atoms with Gasteiger partial charge in [-0.3, -0.25) is 14.4 Å². The van der Waals surface area contributed by atoms with Crippen molar-refractivity contribution >= 4 is 23.9 Å². The van der Waals surface area contributed by atoms with Crippen LogP contribution >= 0.6 is 0 Å². The number of nitrogens with zero attached hydrogens (tertiary/aromatic N) is 2. The first-order valence-corrected chi connectivity index (χ1v) is 12.4. The number of nitrogens with two attached hydrogens (primary N) is 1. The van der Waals surface area contributed by atoms with Gasteiger partial charge in [0.2, 0.25) is 5.91 Å². The number of carbonyl (C=O) groups excluding carboxylic acids is 3. The maximum absolute atomic E-state index is 13.7. The molecule has 218 valence electrons. The average Bonchev–Trinajstić information content (AvgIpc) is 3.72. The van der Waals surface area contributed by atoms with Crippen LogP contribution in [0.15, 0.2) is 47.8 Å². The Morgan fingerprint density at radius 1 is 1.12 bits per heavy atom. The highest BCUT2D eigenvalue weighted by atomic mass is 19.4. The van der Waals surface area contributed by atoms with Crippen molar-refractivity contribution < 1.29 is 40.7 Å². The lowest BCUT2D eigenvalue weighted by molar-refractivity contribution is -0.201. The van der Waals surface area contributed by atoms with Gasteiger partial charge in [0.05, 0.1) is 17.3 Å². The predicted octanol–water partition coefficient (Wildman–Crippen LogP) is 4.05. The second-order valence-corrected chi connectivity index (χ2v) is 9.78. The number of nitrogens with one attached hydrogen (secondary N) is 2. The molecule has 1 aromatic rings. The van der Waals surface area contributed by atoms with Gasteiger partial charge in [0, 0.05) is 31.5 Å². The zero-order chi connectivity index (χ0) is 30.0. The molecule has 1 saturated heterocycles. The average molecular weight is 574 g/mol. The van der Waals surface area contributed by atoms with Gasteiger partial charge in [-0.25, -0.2) is 0 Å². The Bertz CT molecular complexity index is 1240. The summed E-state index contributed by atoms with van der Waals surface area (Å²) in [6, 6.07) is 1.53. The van der Waals surface area contributed by atoms with Crippen LogP contribution in [0.3, 0.4) is 0 Å². The predicted molar refractivity (Wildman–Crippen MR) is 132 cm³/mol. The molecule has 0 radical (unpaired) electrons. The summed E-state index contributed by atoms with van der Waals surface area (Å²) in [6.07, 6.45) is -6.61. The van der Waals surface area contributed by atoms with Crippen LogP contribution < -0.4 is 11.1 Å². The molecule has 14 heteroatoms. The van der Waals surface area contributed by atoms with Gasteiger partial charge in [-0.2, -0.15) is 26.3 Å². The molecule has 2 aliphatic rings. The molecule has 3 rings (SSSR count). The number of allylic oxidation sites excluding steroid dienone is 2. The van der Waals surface area contributed by atoms with E-state index in [1.165, 1.54) is 19.1 Å². The Labute approximate surface area is 226 Å². The number of carbonyl (C=O) groups is 3. The fourth-order valence-electron chi connectivity index (χ4n) is 4.60. The van der Waals surface area contributed by atoms with E-state index < -0.39 is 79.1 Å². The topological polar surface area (TPSA) is 120 Å². The summed E-state index contributed by atoms with van der Waals surface area (Å²) in [5.41, 5.74) is 2.23. The molecule has 40 heavy (non-hydrogen) atoms. The normalized spacial score (nSPS) is 21.6. The number of benzene rings is 1. The molecule has 1 aliphatic heterocycles. The van der Waals surface area contributed by atoms with Crippen LogP contribution in [0.5, 0.6) is 0 Å². The summed E-state index contributed by atoms with van der Waals surface area (Å²) in [4.78, 5) is 41.2. The second kappa shape index (κ2) is 11.3. The highest BCUT2D eigenvalue weighted by molar-refractivity contribution is 6.35. The zero-order valence-electron chi connectivity index (χ0n) is 21.7. The van der Waals surface area contributed by atoms with E-state index in [-0.39, 0.29) is 11.3 Å². The van der Waals surface area contributed by atoms with Crippen LogP contribution in [-0.2, 0) is 20.6 Å². The summed E-state index contributed by atoms with van der Waals surface area (Å²) in [7, 11) is 0. The molecule has 1 heterocycles. The Morgan fingerprint density at radius 2 is 1.77 bits per heavy atom. The molecule has 0 bridgehead atoms. The monoisotopic (exact) mass is 573 g/mol. The van der Waals surface area contributed by atoms with Crippen LogP contribution in [0.25, 0.3) is 0 Å². The summed E-state index contributed by atoms with van der Waals surface area (Å²) < 4.78 is 81.5. The summed E-state index contributed by atoms with van der Waals surface area (Å²) in [5, 5.41) is 9.66. The molecule has 1 saturated carbocycles. The van der Waals surface area contributed by atoms with Gasteiger partial charge in [0.15, 0.2) is 0 Å². The number of hydrogen-bond acceptors (Lipinski definition) is 5. The van der Waals surface area contributed by atoms with Gasteiger partial charge in [0.25, 0.3) is 0 Å². The Hall–Kier alpha value is -3.84. The molecule has 1 aromatic carbocycles. The smallest absolute Gasteiger partial charge is 0.403 e. The third-order valence-corrected chi connectivity index (χ3v) is 7.13. The first-order valence-electron chi connectivity index (χ1n) is 12.4. The Kier molecular flexibility index (Phi) is 8.70. The van der Waals surface area contributed by atoms with Crippen LogP contribution in [-0.4, -0.2) is 59.0 Å². The SMILES string of the molecule is CC/C(C=N)=C/C(=C\N)NC(=O)C(=O)N1C[C@@H](C)N(C(=O)C2(C(F)(F)F)CC2)C[C@@H]1c1cccc(C(F)(F)F)c1. The quantitative estimate of drug-likeness (QED) is 0.206. The number of hydrogen-bond donors (Lipinski definition) is 3. The van der Waals surface area contributed by atoms with E-state index in [1.807, 2.05) is 0 Å². The second-order valence-electron chi connectivity index (χ2n) is 9.78. The molecular weight excluding hydrogens is 544 g/mol. The van der Waals surface area contributed by atoms with E-state index in [9.17, 15) is 40.7 Å². The molecule has 2 fully saturated rings. The minimum atomic E-state index is -4.81. The highest BCUT2D eigenvalue weighted by Gasteiger charge is 2.70. The van der Waals surface area contributed by atoms with E-state index in [4.69, 9.17) is 11.1 Å². The third-order valence-electron chi connectivity index (χ3n) is 7.13. The van der Waals surface area contributed by atoms with Crippen LogP contribution in [0, 0.1) is 10.8 Å². The number of alkyl halides is 6. The molecule has 2 atom stereocenters. The first-order chi connectivity index (χ1) is 18.6. The van der Waals surface area contributed by atoms with E-state index in [0.29, 0.717) is 12.0 Å². The van der Waals surface area contributed by atoms with Crippen molar-refractivity contribution in [3.8, 4) is 0 Å². The minimum absolute atomic E-state index is 0.0166. The molecule has 0 aromatic heterocycles. The number of piperazine rings is 1. The Morgan fingerprint density at radius 3 is 2.27 bits per heavy atom. The lowest BCUT2D eigenvalue weighted by Crippen LogP contribution is -2.61. The maximum Gasteiger partial charge on any atom is 0.416 e. The first kappa shape index (κ1) is 30.7. The highest BCUT2D eigenvalue weighted by Crippen LogP contribution is 2.59. The Balaban J connectivity index is 1.98. The van der Waals surface area contributed by atoms with Crippen LogP contribution in [0.4, 0.5) is 26.3 Å². The number of halogens is 6. The van der Waals surface area contributed by atoms with Gasteiger partial charge in [0.1, 0.15) is 5.41 Å². The standard InChI is InChI=1S/C26H29F6N5O3/c1-3-16(11-33)9-19(12-34)35-21(38)22(39)37-13-15(2)36(23(40)24(7-8-24)26(30,31)32)14-20(37)17-5-4-6-18(10-17)25(27,28)29/h4-6,9-12,15,20,33H,3,7-8,13-14,34H2,1-2H3,(H,35,38)/b16-9-,19-12+,33-11?/t15-,20-/m1/s1. The molecule has 8 nitrogen and oxygen atoms in total. The lowest BCUT2D eigenvalue weighted by atomic mass is 9.95. The third kappa shape index (κ3) is 6.15. The summed E-state index contributed by atoms with van der Waals surface area (Å²) >= 11 is 0. The summed E-state index contributed by atoms with van der Waals surface area (Å²) in [6.45, 7) is 2.18. The minimum Gasteiger partial charge on any atom is -0.403 e. The van der Waals surface area contributed by atoms with Gasteiger partial charge < -0.3 is 26.3 Å². The van der Waals surface area contributed by atoms with Gasteiger partial charge in [-0.15, -0.1) is 0 Å². The van der Waals surface area contributed by atoms with Gasteiger partial charge >= 0.3 is 24.2 Å². The van der Waals surface area contributed by atoms with E-state index >= 15 is 0 Å². The van der Waals surface area contributed by atoms with Crippen molar-refractivity contribution in [2.24, 2.45) is 11.1 Å². The van der Waals surface area contributed by atoms with E-state index in [2.05, 4.69) is 5.32 Å². The van der Waals surface area contributed by atoms with Gasteiger partial charge in [-0.1, -0.05) is 19.1 Å². The van der Waals surface area contributed by atoms with Crippen molar-refractivity contribution in [1.82, 2.24) is 15.1 Å². The molecule has 4 N–H and O–H groups in total. The molecule has 0 unspecified atom stereocenters. The maximum atomic E-state index is 13.7. The van der Waals surface area contributed by atoms with Crippen molar-refractivity contribution in [3.63, 3.8) is 0 Å². The fourth-order valence-corrected chi connectivity index (χ4v) is 4.60. The van der Waals surface area contributed by atoms with Crippen LogP contribution in [0.1, 0.15) is 50.3 Å². The largest absolute Gasteiger partial charge is 0.416 e. The van der Waals surface area contributed by atoms with Gasteiger partial charge in [-0.05, 0) is 55.5 Å². The summed E-state index contributed by atoms with van der Waals surface area (Å²) in [5.74, 6) is -3.59. The number of amides is 3. The lowest BCUT2D eigenvalue weighted by Gasteiger charge is -2.46. The molecule has 1 aliphatic carbocycles. The van der Waals surface area contributed by atoms with E-state index in [1.54, 1.807) is 6.92 Å².